The highest BCUT2D eigenvalue weighted by atomic mass is 16.6. The zero-order chi connectivity index (χ0) is 27.3. The standard InChI is InChI=1S/C27H32N2O9/c30-24(29-23(26(33)34)9-10-25(31)32)11-13-36-15-16-37-14-12-28-27(35)38-17-22-20-7-3-1-5-18(20)19-6-2-4-8-21(19)22/h1-8,22-23H,9-17H2,(H,28,35)(H,29,30)(H,31,32)(H,33,34). The fourth-order valence-corrected chi connectivity index (χ4v) is 4.15. The Morgan fingerprint density at radius 3 is 2.03 bits per heavy atom. The van der Waals surface area contributed by atoms with Gasteiger partial charge in [0.05, 0.1) is 26.4 Å². The Morgan fingerprint density at radius 2 is 1.42 bits per heavy atom. The van der Waals surface area contributed by atoms with Crippen molar-refractivity contribution in [1.29, 1.82) is 0 Å². The fraction of sp³-hybridized carbons (Fsp3) is 0.407. The second-order valence-electron chi connectivity index (χ2n) is 8.62. The number of fused-ring (bicyclic) bond motifs is 3. The number of benzene rings is 2. The van der Waals surface area contributed by atoms with Crippen LogP contribution >= 0.6 is 0 Å². The van der Waals surface area contributed by atoms with Crippen molar-refractivity contribution >= 4 is 23.9 Å². The molecule has 0 fully saturated rings. The van der Waals surface area contributed by atoms with Crippen LogP contribution in [0.5, 0.6) is 0 Å². The molecular formula is C27H32N2O9. The average molecular weight is 529 g/mol. The molecule has 2 aromatic carbocycles. The Kier molecular flexibility index (Phi) is 11.1. The summed E-state index contributed by atoms with van der Waals surface area (Å²) in [6, 6.07) is 15.0. The largest absolute Gasteiger partial charge is 0.481 e. The van der Waals surface area contributed by atoms with E-state index in [1.54, 1.807) is 0 Å². The SMILES string of the molecule is O=C(O)CCC(NC(=O)CCOCCOCCNC(=O)OCC1c2ccccc2-c2ccccc21)C(=O)O. The predicted molar refractivity (Wildman–Crippen MR) is 136 cm³/mol. The van der Waals surface area contributed by atoms with Gasteiger partial charge >= 0.3 is 18.0 Å². The number of ether oxygens (including phenoxy) is 3. The first-order chi connectivity index (χ1) is 18.4. The number of nitrogens with one attached hydrogen (secondary N) is 2. The molecule has 38 heavy (non-hydrogen) atoms. The third-order valence-electron chi connectivity index (χ3n) is 5.99. The van der Waals surface area contributed by atoms with Crippen LogP contribution in [0.25, 0.3) is 11.1 Å². The second-order valence-corrected chi connectivity index (χ2v) is 8.62. The number of alkyl carbamates (subject to hydrolysis) is 1. The molecule has 0 radical (unpaired) electrons. The van der Waals surface area contributed by atoms with Crippen molar-refractivity contribution in [2.75, 3.05) is 39.6 Å². The molecule has 1 aliphatic carbocycles. The molecular weight excluding hydrogens is 496 g/mol. The normalized spacial score (nSPS) is 12.7. The van der Waals surface area contributed by atoms with Crippen LogP contribution in [0.2, 0.25) is 0 Å². The van der Waals surface area contributed by atoms with E-state index in [0.29, 0.717) is 0 Å². The minimum Gasteiger partial charge on any atom is -0.481 e. The van der Waals surface area contributed by atoms with Crippen LogP contribution in [-0.4, -0.2) is 79.8 Å². The number of hydrogen-bond donors (Lipinski definition) is 4. The monoisotopic (exact) mass is 528 g/mol. The Morgan fingerprint density at radius 1 is 0.816 bits per heavy atom. The molecule has 11 nitrogen and oxygen atoms in total. The zero-order valence-electron chi connectivity index (χ0n) is 20.9. The van der Waals surface area contributed by atoms with Gasteiger partial charge in [-0.25, -0.2) is 9.59 Å². The van der Waals surface area contributed by atoms with E-state index >= 15 is 0 Å². The molecule has 0 heterocycles. The Balaban J connectivity index is 1.23. The molecule has 0 aromatic heterocycles. The molecule has 2 amide bonds. The summed E-state index contributed by atoms with van der Waals surface area (Å²) >= 11 is 0. The number of carbonyl (C=O) groups is 4. The lowest BCUT2D eigenvalue weighted by Gasteiger charge is -2.14. The molecule has 204 valence electrons. The zero-order valence-corrected chi connectivity index (χ0v) is 20.9. The first-order valence-electron chi connectivity index (χ1n) is 12.3. The van der Waals surface area contributed by atoms with Gasteiger partial charge in [-0.15, -0.1) is 0 Å². The van der Waals surface area contributed by atoms with E-state index in [1.807, 2.05) is 24.3 Å². The van der Waals surface area contributed by atoms with Gasteiger partial charge in [0.1, 0.15) is 12.6 Å². The van der Waals surface area contributed by atoms with Crippen molar-refractivity contribution < 1.29 is 43.6 Å². The number of carboxylic acids is 2. The third kappa shape index (κ3) is 8.56. The maximum atomic E-state index is 12.1. The summed E-state index contributed by atoms with van der Waals surface area (Å²) in [7, 11) is 0. The summed E-state index contributed by atoms with van der Waals surface area (Å²) in [5, 5.41) is 22.6. The number of amides is 2. The molecule has 0 saturated carbocycles. The van der Waals surface area contributed by atoms with Gasteiger partial charge in [-0.05, 0) is 28.7 Å². The molecule has 0 aliphatic heterocycles. The van der Waals surface area contributed by atoms with Crippen molar-refractivity contribution in [1.82, 2.24) is 10.6 Å². The van der Waals surface area contributed by atoms with Gasteiger partial charge < -0.3 is 35.1 Å². The summed E-state index contributed by atoms with van der Waals surface area (Å²) in [6.07, 6.45) is -1.16. The van der Waals surface area contributed by atoms with Crippen LogP contribution in [0.3, 0.4) is 0 Å². The van der Waals surface area contributed by atoms with Crippen molar-refractivity contribution in [3.63, 3.8) is 0 Å². The second kappa shape index (κ2) is 14.7. The molecule has 1 aliphatic rings. The summed E-state index contributed by atoms with van der Waals surface area (Å²) in [4.78, 5) is 45.6. The Hall–Kier alpha value is -3.96. The number of hydrogen-bond acceptors (Lipinski definition) is 7. The van der Waals surface area contributed by atoms with Crippen LogP contribution in [0.4, 0.5) is 4.79 Å². The Bertz CT molecular complexity index is 1080. The highest BCUT2D eigenvalue weighted by Crippen LogP contribution is 2.44. The first-order valence-corrected chi connectivity index (χ1v) is 12.3. The van der Waals surface area contributed by atoms with Crippen molar-refractivity contribution in [2.45, 2.75) is 31.2 Å². The minimum atomic E-state index is -1.29. The quantitative estimate of drug-likeness (QED) is 0.240. The van der Waals surface area contributed by atoms with Gasteiger partial charge in [-0.3, -0.25) is 9.59 Å². The highest BCUT2D eigenvalue weighted by Gasteiger charge is 2.29. The molecule has 0 bridgehead atoms. The average Bonchev–Trinajstić information content (AvgIpc) is 3.22. The van der Waals surface area contributed by atoms with Crippen molar-refractivity contribution in [3.05, 3.63) is 59.7 Å². The van der Waals surface area contributed by atoms with E-state index in [4.69, 9.17) is 24.4 Å². The molecule has 2 aromatic rings. The van der Waals surface area contributed by atoms with Crippen LogP contribution in [0.15, 0.2) is 48.5 Å². The van der Waals surface area contributed by atoms with E-state index in [2.05, 4.69) is 34.9 Å². The lowest BCUT2D eigenvalue weighted by atomic mass is 9.98. The van der Waals surface area contributed by atoms with Gasteiger partial charge in [0.25, 0.3) is 0 Å². The van der Waals surface area contributed by atoms with Crippen LogP contribution in [0, 0.1) is 0 Å². The number of rotatable bonds is 16. The third-order valence-corrected chi connectivity index (χ3v) is 5.99. The molecule has 4 N–H and O–H groups in total. The van der Waals surface area contributed by atoms with E-state index in [-0.39, 0.29) is 64.8 Å². The first kappa shape index (κ1) is 28.6. The van der Waals surface area contributed by atoms with Gasteiger partial charge in [0.15, 0.2) is 0 Å². The molecule has 0 spiro atoms. The smallest absolute Gasteiger partial charge is 0.407 e. The maximum Gasteiger partial charge on any atom is 0.407 e. The molecule has 3 rings (SSSR count). The maximum absolute atomic E-state index is 12.1. The summed E-state index contributed by atoms with van der Waals surface area (Å²) in [5.41, 5.74) is 4.60. The molecule has 1 unspecified atom stereocenters. The van der Waals surface area contributed by atoms with Gasteiger partial charge in [0, 0.05) is 25.3 Å². The number of carboxylic acid groups (broad SMARTS) is 2. The summed E-state index contributed by atoms with van der Waals surface area (Å²) < 4.78 is 16.1. The number of aliphatic carboxylic acids is 2. The van der Waals surface area contributed by atoms with E-state index < -0.39 is 30.0 Å². The fourth-order valence-electron chi connectivity index (χ4n) is 4.15. The van der Waals surface area contributed by atoms with Crippen LogP contribution in [0.1, 0.15) is 36.3 Å². The molecule has 1 atom stereocenters. The minimum absolute atomic E-state index is 0.0108. The van der Waals surface area contributed by atoms with Crippen molar-refractivity contribution in [3.8, 4) is 11.1 Å². The van der Waals surface area contributed by atoms with Crippen molar-refractivity contribution in [2.24, 2.45) is 0 Å². The molecule has 11 heteroatoms. The highest BCUT2D eigenvalue weighted by molar-refractivity contribution is 5.84. The van der Waals surface area contributed by atoms with Gasteiger partial charge in [-0.2, -0.15) is 0 Å². The lowest BCUT2D eigenvalue weighted by molar-refractivity contribution is -0.143. The lowest BCUT2D eigenvalue weighted by Crippen LogP contribution is -2.41. The van der Waals surface area contributed by atoms with Crippen LogP contribution in [-0.2, 0) is 28.6 Å². The number of carbonyl (C=O) groups excluding carboxylic acids is 2. The molecule has 0 saturated heterocycles. The van der Waals surface area contributed by atoms with Gasteiger partial charge in [-0.1, -0.05) is 48.5 Å². The van der Waals surface area contributed by atoms with Gasteiger partial charge in [0.2, 0.25) is 5.91 Å². The Labute approximate surface area is 220 Å². The summed E-state index contributed by atoms with van der Waals surface area (Å²) in [6.45, 7) is 1.24. The van der Waals surface area contributed by atoms with E-state index in [9.17, 15) is 19.2 Å². The van der Waals surface area contributed by atoms with Crippen LogP contribution < -0.4 is 10.6 Å². The predicted octanol–water partition coefficient (Wildman–Crippen LogP) is 2.38. The summed E-state index contributed by atoms with van der Waals surface area (Å²) in [5.74, 6) is -2.98. The van der Waals surface area contributed by atoms with E-state index in [0.717, 1.165) is 22.3 Å². The van der Waals surface area contributed by atoms with E-state index in [1.165, 1.54) is 0 Å². The topological polar surface area (TPSA) is 160 Å².